The van der Waals surface area contributed by atoms with Crippen molar-refractivity contribution in [3.63, 3.8) is 0 Å². The van der Waals surface area contributed by atoms with Crippen molar-refractivity contribution in [3.05, 3.63) is 29.3 Å². The van der Waals surface area contributed by atoms with Crippen molar-refractivity contribution < 1.29 is 14.7 Å². The van der Waals surface area contributed by atoms with Gasteiger partial charge in [0.25, 0.3) is 0 Å². The maximum absolute atomic E-state index is 12.3. The molecule has 2 saturated carbocycles. The van der Waals surface area contributed by atoms with E-state index < -0.39 is 5.60 Å². The van der Waals surface area contributed by atoms with Crippen molar-refractivity contribution in [2.45, 2.75) is 161 Å². The van der Waals surface area contributed by atoms with Gasteiger partial charge in [0, 0.05) is 0 Å². The molecule has 0 saturated heterocycles. The fourth-order valence-electron chi connectivity index (χ4n) is 9.72. The lowest BCUT2D eigenvalue weighted by Gasteiger charge is -2.53. The highest BCUT2D eigenvalue weighted by atomic mass is 16.3. The molecule has 0 spiro atoms. The van der Waals surface area contributed by atoms with Crippen LogP contribution in [0.1, 0.15) is 160 Å². The molecule has 0 amide bonds. The molecule has 0 unspecified atom stereocenters. The van der Waals surface area contributed by atoms with Crippen molar-refractivity contribution in [1.82, 2.24) is 0 Å². The second kappa shape index (κ2) is 15.1. The molecule has 0 radical (unpaired) electrons. The Hall–Kier alpha value is -1.06. The van der Waals surface area contributed by atoms with Crippen LogP contribution in [0.15, 0.2) is 18.2 Å². The summed E-state index contributed by atoms with van der Waals surface area (Å²) in [4.78, 5) is 0. The summed E-state index contributed by atoms with van der Waals surface area (Å²) in [7, 11) is 2.53. The Kier molecular flexibility index (Phi) is 12.1. The van der Waals surface area contributed by atoms with E-state index in [-0.39, 0.29) is 11.2 Å². The van der Waals surface area contributed by atoms with Gasteiger partial charge in [-0.25, -0.2) is 0 Å². The Morgan fingerprint density at radius 2 is 1.41 bits per heavy atom. The topological polar surface area (TPSA) is 43.3 Å². The molecule has 0 heterocycles. The minimum absolute atomic E-state index is 0.0477. The number of hydrogen-bond acceptors (Lipinski definition) is 2. The van der Waals surface area contributed by atoms with Crippen LogP contribution in [0.2, 0.25) is 0 Å². The zero-order valence-corrected chi connectivity index (χ0v) is 27.5. The Morgan fingerprint density at radius 1 is 0.805 bits per heavy atom. The first kappa shape index (κ1) is 32.8. The largest absolute Gasteiger partial charge is 0.872 e. The molecule has 0 bridgehead atoms. The van der Waals surface area contributed by atoms with Gasteiger partial charge in [0.1, 0.15) is 0 Å². The molecule has 1 aromatic carbocycles. The second-order valence-electron chi connectivity index (χ2n) is 15.2. The lowest BCUT2D eigenvalue weighted by atomic mass is 9.53. The summed E-state index contributed by atoms with van der Waals surface area (Å²) in [6.07, 6.45) is 25.4. The molecule has 1 aromatic rings. The van der Waals surface area contributed by atoms with E-state index in [4.69, 9.17) is 0 Å². The van der Waals surface area contributed by atoms with Crippen molar-refractivity contribution in [1.29, 1.82) is 0 Å². The summed E-state index contributed by atoms with van der Waals surface area (Å²) in [6, 6.07) is 5.83. The summed E-state index contributed by atoms with van der Waals surface area (Å²) in [5.41, 5.74) is 2.30. The predicted molar refractivity (Wildman–Crippen MR) is 172 cm³/mol. The Bertz CT molecular complexity index is 913. The quantitative estimate of drug-likeness (QED) is 0.142. The number of aliphatic hydroxyl groups is 1. The lowest BCUT2D eigenvalue weighted by Crippen LogP contribution is -2.52. The molecule has 41 heavy (non-hydrogen) atoms. The number of hydrogen-bond donors (Lipinski definition) is 1. The van der Waals surface area contributed by atoms with Gasteiger partial charge in [-0.3, -0.25) is 0 Å². The minimum Gasteiger partial charge on any atom is -0.872 e. The molecule has 3 heteroatoms. The third-order valence-corrected chi connectivity index (χ3v) is 12.4. The van der Waals surface area contributed by atoms with Gasteiger partial charge in [0.05, 0.1) is 32.3 Å². The molecular weight excluding hydrogens is 502 g/mol. The van der Waals surface area contributed by atoms with Gasteiger partial charge in [0.2, 0.25) is 0 Å². The van der Waals surface area contributed by atoms with Gasteiger partial charge < -0.3 is 14.7 Å². The smallest absolute Gasteiger partial charge is 0.0785 e. The SMILES string of the molecule is CCCCCCCC[N+](C)(CCCCCCCC)CCC[C@]1(O)CC[C@H]2[C@@H]3CCc4cc([O-])ccc4[C@H]3CC[C@@]21C. The number of rotatable bonds is 18. The fraction of sp³-hybridized carbons (Fsp3) is 0.842. The third-order valence-electron chi connectivity index (χ3n) is 12.4. The van der Waals surface area contributed by atoms with Crippen LogP contribution in [0.5, 0.6) is 5.75 Å². The van der Waals surface area contributed by atoms with Crippen molar-refractivity contribution >= 4 is 0 Å². The van der Waals surface area contributed by atoms with Gasteiger partial charge in [-0.15, -0.1) is 5.75 Å². The first-order valence-electron chi connectivity index (χ1n) is 18.1. The Balaban J connectivity index is 1.33. The van der Waals surface area contributed by atoms with Crippen LogP contribution in [-0.2, 0) is 6.42 Å². The normalized spacial score (nSPS) is 29.2. The van der Waals surface area contributed by atoms with Crippen molar-refractivity contribution in [3.8, 4) is 5.75 Å². The minimum atomic E-state index is -0.507. The van der Waals surface area contributed by atoms with Crippen LogP contribution in [-0.4, -0.2) is 41.9 Å². The molecule has 5 atom stereocenters. The number of benzene rings is 1. The van der Waals surface area contributed by atoms with E-state index in [1.807, 2.05) is 6.07 Å². The van der Waals surface area contributed by atoms with Crippen LogP contribution in [0.25, 0.3) is 0 Å². The van der Waals surface area contributed by atoms with Gasteiger partial charge in [-0.1, -0.05) is 90.3 Å². The first-order valence-corrected chi connectivity index (χ1v) is 18.1. The number of fused-ring (bicyclic) bond motifs is 5. The lowest BCUT2D eigenvalue weighted by molar-refractivity contribution is -0.910. The van der Waals surface area contributed by atoms with Crippen molar-refractivity contribution in [2.24, 2.45) is 17.3 Å². The summed E-state index contributed by atoms with van der Waals surface area (Å²) in [6.45, 7) is 10.9. The molecule has 2 fully saturated rings. The summed E-state index contributed by atoms with van der Waals surface area (Å²) < 4.78 is 1.21. The Labute approximate surface area is 254 Å². The van der Waals surface area contributed by atoms with Gasteiger partial charge >= 0.3 is 0 Å². The fourth-order valence-corrected chi connectivity index (χ4v) is 9.72. The second-order valence-corrected chi connectivity index (χ2v) is 15.2. The zero-order chi connectivity index (χ0) is 29.3. The molecule has 1 N–H and O–H groups in total. The van der Waals surface area contributed by atoms with E-state index in [0.29, 0.717) is 17.8 Å². The third kappa shape index (κ3) is 7.91. The van der Waals surface area contributed by atoms with E-state index in [0.717, 1.165) is 32.1 Å². The van der Waals surface area contributed by atoms with Crippen LogP contribution in [0.4, 0.5) is 0 Å². The predicted octanol–water partition coefficient (Wildman–Crippen LogP) is 9.30. The number of aryl methyl sites for hydroxylation is 1. The Morgan fingerprint density at radius 3 is 2.07 bits per heavy atom. The van der Waals surface area contributed by atoms with Crippen LogP contribution < -0.4 is 5.11 Å². The number of unbranched alkanes of at least 4 members (excludes halogenated alkanes) is 10. The number of quaternary nitrogens is 1. The summed E-state index contributed by atoms with van der Waals surface area (Å²) >= 11 is 0. The van der Waals surface area contributed by atoms with Gasteiger partial charge in [-0.05, 0) is 111 Å². The highest BCUT2D eigenvalue weighted by Crippen LogP contribution is 2.65. The van der Waals surface area contributed by atoms with Crippen LogP contribution >= 0.6 is 0 Å². The molecule has 3 aliphatic rings. The maximum atomic E-state index is 12.3. The molecule has 0 aromatic heterocycles. The van der Waals surface area contributed by atoms with Gasteiger partial charge in [-0.2, -0.15) is 0 Å². The molecular formula is C38H65NO2. The summed E-state index contributed by atoms with van der Waals surface area (Å²) in [5, 5.41) is 24.3. The molecule has 234 valence electrons. The van der Waals surface area contributed by atoms with Crippen molar-refractivity contribution in [2.75, 3.05) is 26.7 Å². The zero-order valence-electron chi connectivity index (χ0n) is 27.5. The monoisotopic (exact) mass is 568 g/mol. The van der Waals surface area contributed by atoms with E-state index >= 15 is 0 Å². The average molecular weight is 568 g/mol. The van der Waals surface area contributed by atoms with E-state index in [1.54, 1.807) is 6.07 Å². The van der Waals surface area contributed by atoms with E-state index in [1.165, 1.54) is 132 Å². The molecule has 0 aliphatic heterocycles. The molecule has 3 aliphatic carbocycles. The molecule has 4 rings (SSSR count). The average Bonchev–Trinajstić information content (AvgIpc) is 3.22. The highest BCUT2D eigenvalue weighted by molar-refractivity contribution is 5.39. The summed E-state index contributed by atoms with van der Waals surface area (Å²) in [5.74, 6) is 2.05. The van der Waals surface area contributed by atoms with Gasteiger partial charge in [0.15, 0.2) is 0 Å². The first-order chi connectivity index (χ1) is 19.8. The highest BCUT2D eigenvalue weighted by Gasteiger charge is 2.61. The molecule has 3 nitrogen and oxygen atoms in total. The standard InChI is InChI=1S/C38H65NO2/c1-5-7-9-11-13-15-27-39(4,28-16-14-12-10-8-6-2)29-17-24-38(41)26-23-36-35-20-18-31-30-32(40)19-21-33(31)34(35)22-25-37(36,38)3/h19,21,30,34-36,41H,5-18,20,22-29H2,1-4H3/t34-,35-,36+,37+,38+/m1/s1. The van der Waals surface area contributed by atoms with Crippen LogP contribution in [0.3, 0.4) is 0 Å². The maximum Gasteiger partial charge on any atom is 0.0785 e. The van der Waals surface area contributed by atoms with Crippen LogP contribution in [0, 0.1) is 17.3 Å². The van der Waals surface area contributed by atoms with E-state index in [9.17, 15) is 10.2 Å². The number of nitrogens with zero attached hydrogens (tertiary/aromatic N) is 1. The van der Waals surface area contributed by atoms with E-state index in [2.05, 4.69) is 33.9 Å².